The molecule has 1 heterocycles. The quantitative estimate of drug-likeness (QED) is 0.786. The second-order valence-corrected chi connectivity index (χ2v) is 7.18. The van der Waals surface area contributed by atoms with Crippen LogP contribution in [0.15, 0.2) is 34.1 Å². The highest BCUT2D eigenvalue weighted by Crippen LogP contribution is 2.33. The van der Waals surface area contributed by atoms with Crippen LogP contribution in [0.4, 0.5) is 5.69 Å². The van der Waals surface area contributed by atoms with Crippen molar-refractivity contribution in [3.05, 3.63) is 54.8 Å². The van der Waals surface area contributed by atoms with Gasteiger partial charge in [-0.1, -0.05) is 46.4 Å². The average Bonchev–Trinajstić information content (AvgIpc) is 2.39. The minimum Gasteiger partial charge on any atom is -0.326 e. The number of hydrogen-bond donors (Lipinski definition) is 2. The third-order valence-electron chi connectivity index (χ3n) is 2.40. The first kappa shape index (κ1) is 16.5. The van der Waals surface area contributed by atoms with Crippen LogP contribution < -0.4 is 10.3 Å². The second-order valence-electron chi connectivity index (χ2n) is 3.86. The first-order valence-electron chi connectivity index (χ1n) is 5.26. The number of anilines is 1. The van der Waals surface area contributed by atoms with E-state index in [0.29, 0.717) is 0 Å². The number of nitrogens with one attached hydrogen (secondary N) is 2. The van der Waals surface area contributed by atoms with Crippen molar-refractivity contribution in [1.29, 1.82) is 0 Å². The molecule has 0 aliphatic heterocycles. The second kappa shape index (κ2) is 6.06. The van der Waals surface area contributed by atoms with Crippen molar-refractivity contribution in [3.8, 4) is 0 Å². The van der Waals surface area contributed by atoms with Gasteiger partial charge in [-0.3, -0.25) is 9.52 Å². The maximum atomic E-state index is 12.2. The van der Waals surface area contributed by atoms with E-state index < -0.39 is 15.6 Å². The number of rotatable bonds is 3. The number of aromatic nitrogens is 1. The molecule has 0 atom stereocenters. The van der Waals surface area contributed by atoms with Gasteiger partial charge in [0.05, 0.1) is 20.8 Å². The van der Waals surface area contributed by atoms with Gasteiger partial charge in [-0.2, -0.15) is 0 Å². The van der Waals surface area contributed by atoms with E-state index in [0.717, 1.165) is 12.3 Å². The number of hydrogen-bond acceptors (Lipinski definition) is 3. The fourth-order valence-corrected chi connectivity index (χ4v) is 3.35. The van der Waals surface area contributed by atoms with Crippen LogP contribution in [0.2, 0.25) is 20.1 Å². The molecule has 10 heteroatoms. The molecule has 21 heavy (non-hydrogen) atoms. The van der Waals surface area contributed by atoms with E-state index in [9.17, 15) is 13.2 Å². The minimum absolute atomic E-state index is 0.0494. The number of H-pyrrole nitrogens is 1. The predicted molar refractivity (Wildman–Crippen MR) is 84.4 cm³/mol. The van der Waals surface area contributed by atoms with Crippen LogP contribution in [0.1, 0.15) is 0 Å². The van der Waals surface area contributed by atoms with E-state index in [1.165, 1.54) is 12.1 Å². The normalized spacial score (nSPS) is 11.4. The summed E-state index contributed by atoms with van der Waals surface area (Å²) >= 11 is 23.1. The van der Waals surface area contributed by atoms with E-state index in [2.05, 4.69) is 9.71 Å². The van der Waals surface area contributed by atoms with Gasteiger partial charge in [0.1, 0.15) is 9.92 Å². The van der Waals surface area contributed by atoms with Gasteiger partial charge in [0, 0.05) is 6.20 Å². The van der Waals surface area contributed by atoms with Gasteiger partial charge in [0.25, 0.3) is 15.6 Å². The molecule has 2 N–H and O–H groups in total. The Bertz CT molecular complexity index is 864. The molecule has 0 fully saturated rings. The number of sulfonamides is 1. The molecule has 0 spiro atoms. The van der Waals surface area contributed by atoms with Gasteiger partial charge in [-0.15, -0.1) is 0 Å². The maximum absolute atomic E-state index is 12.2. The van der Waals surface area contributed by atoms with Crippen LogP contribution in [0.3, 0.4) is 0 Å². The Kier molecular flexibility index (Phi) is 4.75. The largest absolute Gasteiger partial charge is 0.326 e. The zero-order chi connectivity index (χ0) is 15.8. The van der Waals surface area contributed by atoms with Gasteiger partial charge in [0.15, 0.2) is 0 Å². The zero-order valence-electron chi connectivity index (χ0n) is 9.95. The Hall–Kier alpha value is -0.920. The Labute approximate surface area is 139 Å². The molecule has 0 saturated carbocycles. The SMILES string of the molecule is O=c1[nH]cc(S(=O)(=O)Nc2cc(Cl)c(Cl)cc2Cl)cc1Cl. The van der Waals surface area contributed by atoms with E-state index in [4.69, 9.17) is 46.4 Å². The molecule has 0 bridgehead atoms. The average molecular weight is 388 g/mol. The van der Waals surface area contributed by atoms with E-state index in [1.54, 1.807) is 0 Å². The summed E-state index contributed by atoms with van der Waals surface area (Å²) in [4.78, 5) is 13.1. The first-order chi connectivity index (χ1) is 9.70. The van der Waals surface area contributed by atoms with Crippen molar-refractivity contribution >= 4 is 62.1 Å². The lowest BCUT2D eigenvalue weighted by Crippen LogP contribution is -2.16. The minimum atomic E-state index is -4.00. The molecular formula is C11H6Cl4N2O3S. The lowest BCUT2D eigenvalue weighted by Gasteiger charge is -2.10. The summed E-state index contributed by atoms with van der Waals surface area (Å²) in [5.41, 5.74) is -0.545. The summed E-state index contributed by atoms with van der Waals surface area (Å²) in [7, 11) is -4.00. The van der Waals surface area contributed by atoms with Gasteiger partial charge in [0.2, 0.25) is 0 Å². The molecule has 0 aliphatic carbocycles. The highest BCUT2D eigenvalue weighted by Gasteiger charge is 2.18. The first-order valence-corrected chi connectivity index (χ1v) is 8.26. The Morgan fingerprint density at radius 2 is 1.52 bits per heavy atom. The van der Waals surface area contributed by atoms with Crippen molar-refractivity contribution in [3.63, 3.8) is 0 Å². The van der Waals surface area contributed by atoms with Crippen LogP contribution >= 0.6 is 46.4 Å². The Morgan fingerprint density at radius 3 is 2.14 bits per heavy atom. The molecule has 5 nitrogen and oxygen atoms in total. The molecule has 0 aliphatic rings. The lowest BCUT2D eigenvalue weighted by molar-refractivity contribution is 0.600. The van der Waals surface area contributed by atoms with Crippen molar-refractivity contribution in [2.45, 2.75) is 4.90 Å². The number of pyridine rings is 1. The summed E-state index contributed by atoms with van der Waals surface area (Å²) in [6.07, 6.45) is 1.02. The topological polar surface area (TPSA) is 79.0 Å². The number of aromatic amines is 1. The van der Waals surface area contributed by atoms with E-state index in [-0.39, 0.29) is 30.7 Å². The molecule has 0 unspecified atom stereocenters. The van der Waals surface area contributed by atoms with Crippen molar-refractivity contribution < 1.29 is 8.42 Å². The van der Waals surface area contributed by atoms with Crippen LogP contribution in [-0.4, -0.2) is 13.4 Å². The molecule has 2 rings (SSSR count). The third-order valence-corrected chi connectivity index (χ3v) is 5.06. The number of benzene rings is 1. The van der Waals surface area contributed by atoms with Gasteiger partial charge in [-0.25, -0.2) is 8.42 Å². The molecule has 0 amide bonds. The molecule has 2 aromatic rings. The standard InChI is InChI=1S/C11H6Cl4N2O3S/c12-6-2-8(14)10(3-7(6)13)17-21(19,20)5-1-9(15)11(18)16-4-5/h1-4,17H,(H,16,18). The fraction of sp³-hybridized carbons (Fsp3) is 0. The summed E-state index contributed by atoms with van der Waals surface area (Å²) in [6.45, 7) is 0. The van der Waals surface area contributed by atoms with Crippen LogP contribution in [-0.2, 0) is 10.0 Å². The summed E-state index contributed by atoms with van der Waals surface area (Å²) in [6, 6.07) is 3.61. The predicted octanol–water partition coefficient (Wildman–Crippen LogP) is 3.79. The van der Waals surface area contributed by atoms with Crippen molar-refractivity contribution in [2.75, 3.05) is 4.72 Å². The van der Waals surface area contributed by atoms with Crippen molar-refractivity contribution in [2.24, 2.45) is 0 Å². The van der Waals surface area contributed by atoms with E-state index in [1.807, 2.05) is 0 Å². The van der Waals surface area contributed by atoms with Crippen LogP contribution in [0.5, 0.6) is 0 Å². The molecule has 0 saturated heterocycles. The Morgan fingerprint density at radius 1 is 0.905 bits per heavy atom. The highest BCUT2D eigenvalue weighted by atomic mass is 35.5. The molecule has 1 aromatic carbocycles. The summed E-state index contributed by atoms with van der Waals surface area (Å²) in [5, 5.41) is 0.150. The van der Waals surface area contributed by atoms with Gasteiger partial charge in [-0.05, 0) is 18.2 Å². The van der Waals surface area contributed by atoms with Crippen LogP contribution in [0.25, 0.3) is 0 Å². The van der Waals surface area contributed by atoms with E-state index >= 15 is 0 Å². The summed E-state index contributed by atoms with van der Waals surface area (Å²) in [5.74, 6) is 0. The smallest absolute Gasteiger partial charge is 0.266 e. The molecule has 112 valence electrons. The molecule has 1 aromatic heterocycles. The molecule has 0 radical (unpaired) electrons. The fourth-order valence-electron chi connectivity index (χ4n) is 1.40. The van der Waals surface area contributed by atoms with Gasteiger partial charge >= 0.3 is 0 Å². The van der Waals surface area contributed by atoms with Gasteiger partial charge < -0.3 is 4.98 Å². The summed E-state index contributed by atoms with van der Waals surface area (Å²) < 4.78 is 26.6. The third kappa shape index (κ3) is 3.64. The zero-order valence-corrected chi connectivity index (χ0v) is 13.8. The Balaban J connectivity index is 2.44. The highest BCUT2D eigenvalue weighted by molar-refractivity contribution is 7.92. The van der Waals surface area contributed by atoms with Crippen LogP contribution in [0, 0.1) is 0 Å². The number of halogens is 4. The maximum Gasteiger partial charge on any atom is 0.266 e. The monoisotopic (exact) mass is 386 g/mol. The molecular weight excluding hydrogens is 382 g/mol. The lowest BCUT2D eigenvalue weighted by atomic mass is 10.3. The van der Waals surface area contributed by atoms with Crippen molar-refractivity contribution in [1.82, 2.24) is 4.98 Å².